The molecule has 2 aromatic carbocycles. The summed E-state index contributed by atoms with van der Waals surface area (Å²) in [5.74, 6) is -0.223. The van der Waals surface area contributed by atoms with Crippen molar-refractivity contribution in [1.29, 1.82) is 0 Å². The van der Waals surface area contributed by atoms with Gasteiger partial charge in [0.25, 0.3) is 0 Å². The first kappa shape index (κ1) is 15.7. The molecule has 0 unspecified atom stereocenters. The largest absolute Gasteiger partial charge is 0.298 e. The second-order valence-electron chi connectivity index (χ2n) is 5.02. The fourth-order valence-corrected chi connectivity index (χ4v) is 3.30. The van der Waals surface area contributed by atoms with Gasteiger partial charge in [-0.25, -0.2) is 4.98 Å². The van der Waals surface area contributed by atoms with E-state index in [2.05, 4.69) is 29.4 Å². The molecule has 3 aromatic rings. The number of hydrogen-bond acceptors (Lipinski definition) is 3. The molecule has 0 bridgehead atoms. The van der Waals surface area contributed by atoms with Crippen molar-refractivity contribution in [2.24, 2.45) is 0 Å². The summed E-state index contributed by atoms with van der Waals surface area (Å²) >= 11 is 7.53. The number of anilines is 1. The summed E-state index contributed by atoms with van der Waals surface area (Å²) in [6.07, 6.45) is 4.14. The Morgan fingerprint density at radius 2 is 2.13 bits per heavy atom. The van der Waals surface area contributed by atoms with Crippen LogP contribution in [0.5, 0.6) is 0 Å². The molecule has 1 aromatic heterocycles. The van der Waals surface area contributed by atoms with E-state index >= 15 is 0 Å². The highest BCUT2D eigenvalue weighted by atomic mass is 35.5. The zero-order valence-electron chi connectivity index (χ0n) is 12.5. The Kier molecular flexibility index (Phi) is 4.74. The summed E-state index contributed by atoms with van der Waals surface area (Å²) in [5.41, 5.74) is 2.97. The number of hydrogen-bond donors (Lipinski definition) is 1. The zero-order valence-corrected chi connectivity index (χ0v) is 14.1. The highest BCUT2D eigenvalue weighted by Gasteiger charge is 2.06. The lowest BCUT2D eigenvalue weighted by Crippen LogP contribution is -2.07. The topological polar surface area (TPSA) is 42.0 Å². The van der Waals surface area contributed by atoms with Crippen molar-refractivity contribution < 1.29 is 4.79 Å². The molecular formula is C18H15ClN2OS. The van der Waals surface area contributed by atoms with Crippen molar-refractivity contribution >= 4 is 50.3 Å². The van der Waals surface area contributed by atoms with Gasteiger partial charge in [-0.1, -0.05) is 54.1 Å². The molecule has 3 rings (SSSR count). The number of carbonyl (C=O) groups excluding carboxylic acids is 1. The van der Waals surface area contributed by atoms with Gasteiger partial charge in [0.2, 0.25) is 5.91 Å². The Balaban J connectivity index is 1.74. The van der Waals surface area contributed by atoms with Crippen LogP contribution in [-0.4, -0.2) is 10.9 Å². The Hall–Kier alpha value is -2.17. The minimum absolute atomic E-state index is 0.223. The molecule has 0 atom stereocenters. The van der Waals surface area contributed by atoms with E-state index in [-0.39, 0.29) is 5.91 Å². The van der Waals surface area contributed by atoms with Crippen LogP contribution in [-0.2, 0) is 11.2 Å². The number of nitrogens with zero attached hydrogens (tertiary/aromatic N) is 1. The minimum Gasteiger partial charge on any atom is -0.298 e. The third-order valence-electron chi connectivity index (χ3n) is 3.41. The summed E-state index contributed by atoms with van der Waals surface area (Å²) in [4.78, 5) is 16.4. The highest BCUT2D eigenvalue weighted by Crippen LogP contribution is 2.27. The molecule has 1 amide bonds. The third kappa shape index (κ3) is 3.78. The molecule has 0 saturated heterocycles. The Morgan fingerprint density at radius 1 is 1.30 bits per heavy atom. The molecule has 0 spiro atoms. The van der Waals surface area contributed by atoms with Gasteiger partial charge in [0, 0.05) is 11.1 Å². The van der Waals surface area contributed by atoms with Crippen molar-refractivity contribution in [1.82, 2.24) is 4.98 Å². The molecular weight excluding hydrogens is 328 g/mol. The van der Waals surface area contributed by atoms with E-state index in [9.17, 15) is 4.79 Å². The highest BCUT2D eigenvalue weighted by molar-refractivity contribution is 7.22. The van der Waals surface area contributed by atoms with Crippen molar-refractivity contribution in [3.8, 4) is 0 Å². The van der Waals surface area contributed by atoms with Gasteiger partial charge in [-0.15, -0.1) is 0 Å². The smallest absolute Gasteiger partial charge is 0.250 e. The maximum Gasteiger partial charge on any atom is 0.250 e. The van der Waals surface area contributed by atoms with Crippen molar-refractivity contribution in [2.45, 2.75) is 13.3 Å². The molecule has 0 fully saturated rings. The molecule has 23 heavy (non-hydrogen) atoms. The number of rotatable bonds is 4. The zero-order chi connectivity index (χ0) is 16.2. The van der Waals surface area contributed by atoms with Gasteiger partial charge < -0.3 is 0 Å². The summed E-state index contributed by atoms with van der Waals surface area (Å²) in [5, 5.41) is 4.01. The quantitative estimate of drug-likeness (QED) is 0.665. The number of fused-ring (bicyclic) bond motifs is 1. The summed E-state index contributed by atoms with van der Waals surface area (Å²) in [7, 11) is 0. The van der Waals surface area contributed by atoms with Gasteiger partial charge in [0.1, 0.15) is 0 Å². The third-order valence-corrected chi connectivity index (χ3v) is 4.69. The van der Waals surface area contributed by atoms with Crippen LogP contribution in [0, 0.1) is 0 Å². The number of benzene rings is 2. The van der Waals surface area contributed by atoms with Crippen molar-refractivity contribution in [3.63, 3.8) is 0 Å². The standard InChI is InChI=1S/C18H15ClN2OS/c1-2-12-7-9-15-16(11-12)23-18(20-15)21-17(22)10-8-13-5-3-4-6-14(13)19/h3-11H,2H2,1H3,(H,20,21,22)/b10-8+. The van der Waals surface area contributed by atoms with E-state index in [4.69, 9.17) is 11.6 Å². The fraction of sp³-hybridized carbons (Fsp3) is 0.111. The number of thiazole rings is 1. The van der Waals surface area contributed by atoms with Gasteiger partial charge in [-0.05, 0) is 41.8 Å². The van der Waals surface area contributed by atoms with Crippen molar-refractivity contribution in [3.05, 3.63) is 64.7 Å². The average Bonchev–Trinajstić information content (AvgIpc) is 2.95. The average molecular weight is 343 g/mol. The van der Waals surface area contributed by atoms with E-state index in [1.54, 1.807) is 12.1 Å². The first-order valence-corrected chi connectivity index (χ1v) is 8.48. The second-order valence-corrected chi connectivity index (χ2v) is 6.46. The normalized spacial score (nSPS) is 11.2. The molecule has 0 aliphatic rings. The summed E-state index contributed by atoms with van der Waals surface area (Å²) in [6, 6.07) is 13.5. The van der Waals surface area contributed by atoms with Crippen LogP contribution in [0.3, 0.4) is 0 Å². The maximum absolute atomic E-state index is 12.0. The number of amides is 1. The van der Waals surface area contributed by atoms with E-state index in [0.717, 1.165) is 22.2 Å². The first-order valence-electron chi connectivity index (χ1n) is 7.29. The second kappa shape index (κ2) is 6.94. The molecule has 5 heteroatoms. The van der Waals surface area contributed by atoms with Gasteiger partial charge in [0.15, 0.2) is 5.13 Å². The van der Waals surface area contributed by atoms with Gasteiger partial charge in [-0.2, -0.15) is 0 Å². The van der Waals surface area contributed by atoms with Gasteiger partial charge in [0.05, 0.1) is 10.2 Å². The van der Waals surface area contributed by atoms with Crippen LogP contribution in [0.25, 0.3) is 16.3 Å². The number of aryl methyl sites for hydroxylation is 1. The van der Waals surface area contributed by atoms with E-state index < -0.39 is 0 Å². The molecule has 116 valence electrons. The molecule has 0 radical (unpaired) electrons. The lowest BCUT2D eigenvalue weighted by Gasteiger charge is -1.97. The van der Waals surface area contributed by atoms with Crippen LogP contribution < -0.4 is 5.32 Å². The summed E-state index contributed by atoms with van der Waals surface area (Å²) in [6.45, 7) is 2.12. The first-order chi connectivity index (χ1) is 11.2. The number of halogens is 1. The predicted octanol–water partition coefficient (Wildman–Crippen LogP) is 5.16. The van der Waals surface area contributed by atoms with Crippen LogP contribution >= 0.6 is 22.9 Å². The van der Waals surface area contributed by atoms with Crippen LogP contribution in [0.2, 0.25) is 5.02 Å². The van der Waals surface area contributed by atoms with Crippen LogP contribution in [0.15, 0.2) is 48.5 Å². The van der Waals surface area contributed by atoms with Crippen LogP contribution in [0.1, 0.15) is 18.1 Å². The monoisotopic (exact) mass is 342 g/mol. The van der Waals surface area contributed by atoms with Crippen molar-refractivity contribution in [2.75, 3.05) is 5.32 Å². The fourth-order valence-electron chi connectivity index (χ4n) is 2.17. The Bertz CT molecular complexity index is 886. The molecule has 1 heterocycles. The van der Waals surface area contributed by atoms with E-state index in [1.807, 2.05) is 24.3 Å². The Morgan fingerprint density at radius 3 is 2.91 bits per heavy atom. The predicted molar refractivity (Wildman–Crippen MR) is 98.1 cm³/mol. The number of carbonyl (C=O) groups is 1. The number of aromatic nitrogens is 1. The summed E-state index contributed by atoms with van der Waals surface area (Å²) < 4.78 is 1.08. The minimum atomic E-state index is -0.223. The van der Waals surface area contributed by atoms with Crippen LogP contribution in [0.4, 0.5) is 5.13 Å². The SMILES string of the molecule is CCc1ccc2nc(NC(=O)/C=C/c3ccccc3Cl)sc2c1. The van der Waals surface area contributed by atoms with Gasteiger partial charge in [-0.3, -0.25) is 10.1 Å². The van der Waals surface area contributed by atoms with E-state index in [0.29, 0.717) is 10.2 Å². The molecule has 0 aliphatic carbocycles. The lowest BCUT2D eigenvalue weighted by atomic mass is 10.2. The molecule has 1 N–H and O–H groups in total. The lowest BCUT2D eigenvalue weighted by molar-refractivity contribution is -0.111. The maximum atomic E-state index is 12.0. The Labute approximate surface area is 143 Å². The van der Waals surface area contributed by atoms with Gasteiger partial charge >= 0.3 is 0 Å². The molecule has 0 aliphatic heterocycles. The van der Waals surface area contributed by atoms with E-state index in [1.165, 1.54) is 23.0 Å². The molecule has 0 saturated carbocycles. The number of nitrogens with one attached hydrogen (secondary N) is 1. The molecule has 3 nitrogen and oxygen atoms in total.